The number of ether oxygens (including phenoxy) is 4. The molecule has 2 aliphatic rings. The summed E-state index contributed by atoms with van der Waals surface area (Å²) in [7, 11) is 0. The Balaban J connectivity index is 1.84. The highest BCUT2D eigenvalue weighted by Gasteiger charge is 2.51. The fourth-order valence-electron chi connectivity index (χ4n) is 3.78. The number of hydrogen-bond acceptors (Lipinski definition) is 16. The van der Waals surface area contributed by atoms with E-state index in [9.17, 15) is 51.1 Å². The smallest absolute Gasteiger partial charge is 0.227 e. The first-order chi connectivity index (χ1) is 16.9. The van der Waals surface area contributed by atoms with Gasteiger partial charge in [-0.15, -0.1) is 0 Å². The molecule has 0 amide bonds. The second-order valence-electron chi connectivity index (χ2n) is 8.62. The van der Waals surface area contributed by atoms with Gasteiger partial charge in [0.15, 0.2) is 18.5 Å². The highest BCUT2D eigenvalue weighted by Crippen LogP contribution is 2.31. The van der Waals surface area contributed by atoms with Gasteiger partial charge in [0.1, 0.15) is 48.8 Å². The molecule has 13 atom stereocenters. The van der Waals surface area contributed by atoms with Crippen LogP contribution in [0.2, 0.25) is 0 Å². The summed E-state index contributed by atoms with van der Waals surface area (Å²) in [4.78, 5) is 4.05. The molecule has 0 aliphatic carbocycles. The molecule has 212 valence electrons. The lowest BCUT2D eigenvalue weighted by Crippen LogP contribution is -2.60. The Morgan fingerprint density at radius 2 is 1.44 bits per heavy atom. The van der Waals surface area contributed by atoms with E-state index in [4.69, 9.17) is 24.1 Å². The third kappa shape index (κ3) is 7.71. The summed E-state index contributed by atoms with van der Waals surface area (Å²) < 4.78 is 20.8. The van der Waals surface area contributed by atoms with Gasteiger partial charge in [0.05, 0.1) is 25.4 Å². The molecule has 0 saturated carbocycles. The maximum atomic E-state index is 10.5. The fraction of sp³-hybridized carbons (Fsp3) is 0.950. The molecular weight excluding hydrogens is 494 g/mol. The largest absolute Gasteiger partial charge is 0.450 e. The zero-order chi connectivity index (χ0) is 27.2. The fourth-order valence-corrected chi connectivity index (χ4v) is 3.78. The molecule has 0 bridgehead atoms. The van der Waals surface area contributed by atoms with Gasteiger partial charge in [0, 0.05) is 13.5 Å². The van der Waals surface area contributed by atoms with Crippen LogP contribution in [-0.4, -0.2) is 162 Å². The minimum absolute atomic E-state index is 0.233. The number of nitrogens with zero attached hydrogens (tertiary/aromatic N) is 1. The molecule has 1 fully saturated rings. The Hall–Kier alpha value is -1.09. The van der Waals surface area contributed by atoms with Crippen LogP contribution in [0.25, 0.3) is 0 Å². The monoisotopic (exact) mass is 531 g/mol. The number of hydrogen-bond donors (Lipinski definition) is 11. The SMILES string of the molecule is CC1=NC2[C@@H](O1)OC(CO)[C@@H](O[C@H](O)C(O)[C@@H](O)[C@H](O)CCO[C@@H](O)[C@H](O)C(O)[C@H](O)CCO)[C@@H]2O. The predicted molar refractivity (Wildman–Crippen MR) is 115 cm³/mol. The minimum atomic E-state index is -2.15. The first-order valence-corrected chi connectivity index (χ1v) is 11.4. The van der Waals surface area contributed by atoms with Crippen molar-refractivity contribution in [1.82, 2.24) is 0 Å². The molecule has 16 nitrogen and oxygen atoms in total. The van der Waals surface area contributed by atoms with Crippen LogP contribution in [0, 0.1) is 0 Å². The zero-order valence-corrected chi connectivity index (χ0v) is 19.5. The Kier molecular flexibility index (Phi) is 12.3. The lowest BCUT2D eigenvalue weighted by Gasteiger charge is -2.41. The van der Waals surface area contributed by atoms with Gasteiger partial charge >= 0.3 is 0 Å². The van der Waals surface area contributed by atoms with Crippen molar-refractivity contribution in [3.05, 3.63) is 0 Å². The second-order valence-corrected chi connectivity index (χ2v) is 8.62. The van der Waals surface area contributed by atoms with Gasteiger partial charge in [-0.2, -0.15) is 0 Å². The third-order valence-electron chi connectivity index (χ3n) is 5.93. The van der Waals surface area contributed by atoms with Crippen molar-refractivity contribution in [3.8, 4) is 0 Å². The number of rotatable bonds is 15. The molecule has 4 unspecified atom stereocenters. The van der Waals surface area contributed by atoms with Crippen LogP contribution in [0.3, 0.4) is 0 Å². The van der Waals surface area contributed by atoms with E-state index >= 15 is 0 Å². The zero-order valence-electron chi connectivity index (χ0n) is 19.5. The molecule has 2 aliphatic heterocycles. The van der Waals surface area contributed by atoms with E-state index in [2.05, 4.69) is 4.99 Å². The van der Waals surface area contributed by atoms with E-state index in [0.717, 1.165) is 0 Å². The van der Waals surface area contributed by atoms with Crippen LogP contribution in [-0.2, 0) is 18.9 Å². The Labute approximate surface area is 206 Å². The van der Waals surface area contributed by atoms with E-state index in [-0.39, 0.29) is 12.3 Å². The molecule has 0 radical (unpaired) electrons. The average molecular weight is 532 g/mol. The molecule has 0 aromatic heterocycles. The first-order valence-electron chi connectivity index (χ1n) is 11.4. The molecule has 0 spiro atoms. The summed E-state index contributed by atoms with van der Waals surface area (Å²) >= 11 is 0. The Bertz CT molecular complexity index is 685. The molecule has 2 rings (SSSR count). The molecule has 0 aromatic carbocycles. The van der Waals surface area contributed by atoms with Crippen LogP contribution in [0.15, 0.2) is 4.99 Å². The lowest BCUT2D eigenvalue weighted by atomic mass is 9.97. The van der Waals surface area contributed by atoms with Gasteiger partial charge in [-0.1, -0.05) is 0 Å². The number of aliphatic imine (C=N–C) groups is 1. The summed E-state index contributed by atoms with van der Waals surface area (Å²) in [5.41, 5.74) is 0. The summed E-state index contributed by atoms with van der Waals surface area (Å²) in [6.45, 7) is -0.0785. The van der Waals surface area contributed by atoms with E-state index < -0.39 is 106 Å². The molecule has 2 heterocycles. The molecule has 0 aromatic rings. The Morgan fingerprint density at radius 1 is 0.861 bits per heavy atom. The predicted octanol–water partition coefficient (Wildman–Crippen LogP) is -6.14. The van der Waals surface area contributed by atoms with Gasteiger partial charge in [0.25, 0.3) is 0 Å². The van der Waals surface area contributed by atoms with Crippen molar-refractivity contribution in [1.29, 1.82) is 0 Å². The summed E-state index contributed by atoms with van der Waals surface area (Å²) in [6.07, 6.45) is -20.9. The molecule has 1 saturated heterocycles. The van der Waals surface area contributed by atoms with Crippen LogP contribution in [0.5, 0.6) is 0 Å². The van der Waals surface area contributed by atoms with E-state index in [1.165, 1.54) is 6.92 Å². The topological polar surface area (TPSA) is 272 Å². The van der Waals surface area contributed by atoms with Crippen LogP contribution >= 0.6 is 0 Å². The number of aliphatic hydroxyl groups is 11. The molecule has 16 heteroatoms. The van der Waals surface area contributed by atoms with E-state index in [1.807, 2.05) is 0 Å². The van der Waals surface area contributed by atoms with Crippen molar-refractivity contribution >= 4 is 5.90 Å². The van der Waals surface area contributed by atoms with Crippen molar-refractivity contribution in [2.24, 2.45) is 4.99 Å². The number of aliphatic hydroxyl groups excluding tert-OH is 11. The van der Waals surface area contributed by atoms with Gasteiger partial charge in [-0.25, -0.2) is 4.99 Å². The maximum absolute atomic E-state index is 10.5. The lowest BCUT2D eigenvalue weighted by molar-refractivity contribution is -0.295. The highest BCUT2D eigenvalue weighted by atomic mass is 16.7. The molecule has 36 heavy (non-hydrogen) atoms. The summed E-state index contributed by atoms with van der Waals surface area (Å²) in [5, 5.41) is 108. The Morgan fingerprint density at radius 3 is 2.03 bits per heavy atom. The van der Waals surface area contributed by atoms with Gasteiger partial charge in [-0.3, -0.25) is 0 Å². The van der Waals surface area contributed by atoms with Crippen molar-refractivity contribution in [2.75, 3.05) is 19.8 Å². The minimum Gasteiger partial charge on any atom is -0.450 e. The normalized spacial score (nSPS) is 32.9. The average Bonchev–Trinajstić information content (AvgIpc) is 3.23. The first kappa shape index (κ1) is 31.1. The third-order valence-corrected chi connectivity index (χ3v) is 5.93. The highest BCUT2D eigenvalue weighted by molar-refractivity contribution is 5.75. The molecule has 11 N–H and O–H groups in total. The summed E-state index contributed by atoms with van der Waals surface area (Å²) in [6, 6.07) is -0.917. The maximum Gasteiger partial charge on any atom is 0.227 e. The van der Waals surface area contributed by atoms with Crippen molar-refractivity contribution in [2.45, 2.75) is 99.6 Å². The standard InChI is InChI=1S/C20H37NO15/c1-7-21-11-14(28)17(10(6-23)35-20(11)34-7)36-19(32)16(30)13(27)9(25)3-5-33-18(31)15(29)12(26)8(24)2-4-22/h8-20,22-32H,2-6H2,1H3/t8-,9-,10?,11?,12?,13+,14-,15-,16?,17-,18-,19+,20+/m1/s1. The van der Waals surface area contributed by atoms with E-state index in [1.54, 1.807) is 0 Å². The van der Waals surface area contributed by atoms with Gasteiger partial charge in [0.2, 0.25) is 6.29 Å². The molecular formula is C20H37NO15. The number of fused-ring (bicyclic) bond motifs is 1. The van der Waals surface area contributed by atoms with Gasteiger partial charge < -0.3 is 75.1 Å². The van der Waals surface area contributed by atoms with Crippen LogP contribution in [0.4, 0.5) is 0 Å². The van der Waals surface area contributed by atoms with Crippen molar-refractivity contribution < 1.29 is 75.1 Å². The van der Waals surface area contributed by atoms with Crippen LogP contribution < -0.4 is 0 Å². The second kappa shape index (κ2) is 14.2. The van der Waals surface area contributed by atoms with Crippen molar-refractivity contribution in [3.63, 3.8) is 0 Å². The summed E-state index contributed by atoms with van der Waals surface area (Å²) in [5.74, 6) is 0.233. The quantitative estimate of drug-likeness (QED) is 0.0877. The van der Waals surface area contributed by atoms with E-state index in [0.29, 0.717) is 0 Å². The van der Waals surface area contributed by atoms with Gasteiger partial charge in [-0.05, 0) is 12.8 Å². The van der Waals surface area contributed by atoms with Crippen LogP contribution in [0.1, 0.15) is 19.8 Å².